The average molecular weight is 530 g/mol. The summed E-state index contributed by atoms with van der Waals surface area (Å²) < 4.78 is 19.1. The Balaban J connectivity index is 1.34. The Hall–Kier alpha value is -4.99. The van der Waals surface area contributed by atoms with Gasteiger partial charge in [0.1, 0.15) is 23.9 Å². The topological polar surface area (TPSA) is 124 Å². The van der Waals surface area contributed by atoms with Gasteiger partial charge in [0.25, 0.3) is 5.91 Å². The van der Waals surface area contributed by atoms with Crippen molar-refractivity contribution < 1.29 is 23.5 Å². The highest BCUT2D eigenvalue weighted by Gasteiger charge is 2.12. The van der Waals surface area contributed by atoms with E-state index < -0.39 is 11.8 Å². The van der Waals surface area contributed by atoms with Crippen LogP contribution in [0.1, 0.15) is 33.3 Å². The molecule has 0 radical (unpaired) electrons. The molecule has 202 valence electrons. The third kappa shape index (κ3) is 6.86. The van der Waals surface area contributed by atoms with E-state index in [1.54, 1.807) is 24.3 Å². The van der Waals surface area contributed by atoms with Crippen molar-refractivity contribution >= 4 is 23.7 Å². The number of aromatic nitrogens is 1. The Kier molecular flexibility index (Phi) is 8.35. The molecule has 0 bridgehead atoms. The lowest BCUT2D eigenvalue weighted by Gasteiger charge is -2.15. The first-order valence-electron chi connectivity index (χ1n) is 12.2. The van der Waals surface area contributed by atoms with E-state index in [9.17, 15) is 9.59 Å². The van der Waals surface area contributed by atoms with Crippen LogP contribution in [-0.4, -0.2) is 43.3 Å². The van der Waals surface area contributed by atoms with Crippen LogP contribution in [0.4, 0.5) is 5.69 Å². The molecule has 2 aromatic heterocycles. The number of primary amides is 1. The third-order valence-electron chi connectivity index (χ3n) is 5.89. The number of aryl methyl sites for hydroxylation is 2. The number of nitrogens with zero attached hydrogens (tertiary/aromatic N) is 3. The van der Waals surface area contributed by atoms with Gasteiger partial charge in [-0.05, 0) is 74.5 Å². The van der Waals surface area contributed by atoms with Gasteiger partial charge in [-0.25, -0.2) is 5.43 Å². The molecule has 10 nitrogen and oxygen atoms in total. The van der Waals surface area contributed by atoms with Crippen LogP contribution >= 0.6 is 0 Å². The summed E-state index contributed by atoms with van der Waals surface area (Å²) in [6.07, 6.45) is 1.42. The predicted octanol–water partition coefficient (Wildman–Crippen LogP) is 3.96. The Bertz CT molecular complexity index is 1460. The van der Waals surface area contributed by atoms with Crippen LogP contribution in [0.3, 0.4) is 0 Å². The summed E-state index contributed by atoms with van der Waals surface area (Å²) in [5.74, 6) is 0.548. The monoisotopic (exact) mass is 529 g/mol. The highest BCUT2D eigenvalue weighted by molar-refractivity contribution is 5.93. The standard InChI is InChI=1S/C29H31N5O5/c1-19-5-6-20(2)34(19)22-9-11-24(12-10-22)37-17-25-13-14-26(39-25)29(36)32-31-16-21-7-8-23(33(3)4)15-27(21)38-18-28(30)35/h5-16H,17-18H2,1-4H3,(H2,30,35)(H,32,36)/b31-16+. The van der Waals surface area contributed by atoms with E-state index in [1.807, 2.05) is 49.3 Å². The lowest BCUT2D eigenvalue weighted by molar-refractivity contribution is -0.119. The average Bonchev–Trinajstić information content (AvgIpc) is 3.53. The minimum atomic E-state index is -0.599. The second-order valence-electron chi connectivity index (χ2n) is 9.07. The molecule has 0 fully saturated rings. The van der Waals surface area contributed by atoms with E-state index in [4.69, 9.17) is 19.6 Å². The number of hydrazone groups is 1. The van der Waals surface area contributed by atoms with Crippen LogP contribution < -0.4 is 25.5 Å². The molecule has 2 amide bonds. The Morgan fingerprint density at radius 3 is 2.38 bits per heavy atom. The highest BCUT2D eigenvalue weighted by atomic mass is 16.5. The number of nitrogens with two attached hydrogens (primary N) is 1. The second-order valence-corrected chi connectivity index (χ2v) is 9.07. The van der Waals surface area contributed by atoms with Crippen LogP contribution in [0.25, 0.3) is 5.69 Å². The maximum Gasteiger partial charge on any atom is 0.307 e. The Labute approximate surface area is 226 Å². The summed E-state index contributed by atoms with van der Waals surface area (Å²) in [7, 11) is 3.76. The number of carbonyl (C=O) groups excluding carboxylic acids is 2. The zero-order valence-corrected chi connectivity index (χ0v) is 22.3. The number of amides is 2. The van der Waals surface area contributed by atoms with E-state index in [0.717, 1.165) is 22.8 Å². The van der Waals surface area contributed by atoms with Crippen LogP contribution in [0, 0.1) is 13.8 Å². The van der Waals surface area contributed by atoms with Gasteiger partial charge in [0.05, 0.1) is 6.21 Å². The molecule has 0 atom stereocenters. The summed E-state index contributed by atoms with van der Waals surface area (Å²) in [5, 5.41) is 4.00. The lowest BCUT2D eigenvalue weighted by atomic mass is 10.2. The number of ether oxygens (including phenoxy) is 2. The van der Waals surface area contributed by atoms with Crippen LogP contribution in [-0.2, 0) is 11.4 Å². The largest absolute Gasteiger partial charge is 0.486 e. The molecule has 0 saturated heterocycles. The molecule has 0 aliphatic heterocycles. The number of carbonyl (C=O) groups is 2. The van der Waals surface area contributed by atoms with E-state index in [-0.39, 0.29) is 19.0 Å². The molecule has 4 aromatic rings. The van der Waals surface area contributed by atoms with E-state index >= 15 is 0 Å². The zero-order valence-electron chi connectivity index (χ0n) is 22.3. The molecule has 0 aliphatic carbocycles. The van der Waals surface area contributed by atoms with Gasteiger partial charge in [0.15, 0.2) is 12.4 Å². The van der Waals surface area contributed by atoms with Gasteiger partial charge in [-0.1, -0.05) is 0 Å². The van der Waals surface area contributed by atoms with Crippen molar-refractivity contribution in [1.82, 2.24) is 9.99 Å². The molecule has 0 unspecified atom stereocenters. The zero-order chi connectivity index (χ0) is 27.9. The molecule has 39 heavy (non-hydrogen) atoms. The van der Waals surface area contributed by atoms with Crippen molar-refractivity contribution in [2.75, 3.05) is 25.6 Å². The van der Waals surface area contributed by atoms with E-state index in [0.29, 0.717) is 22.8 Å². The minimum absolute atomic E-state index is 0.0906. The van der Waals surface area contributed by atoms with Gasteiger partial charge in [0, 0.05) is 48.5 Å². The van der Waals surface area contributed by atoms with Gasteiger partial charge < -0.3 is 29.1 Å². The lowest BCUT2D eigenvalue weighted by Crippen LogP contribution is -2.21. The van der Waals surface area contributed by atoms with Crippen molar-refractivity contribution in [3.05, 3.63) is 95.2 Å². The maximum atomic E-state index is 12.5. The highest BCUT2D eigenvalue weighted by Crippen LogP contribution is 2.24. The SMILES string of the molecule is Cc1ccc(C)n1-c1ccc(OCc2ccc(C(=O)N/N=C/c3ccc(N(C)C)cc3OCC(N)=O)o2)cc1. The summed E-state index contributed by atoms with van der Waals surface area (Å²) in [5.41, 5.74) is 12.4. The molecule has 4 rings (SSSR count). The fraction of sp³-hybridized carbons (Fsp3) is 0.207. The second kappa shape index (κ2) is 12.0. The summed E-state index contributed by atoms with van der Waals surface area (Å²) in [6.45, 7) is 4.01. The van der Waals surface area contributed by atoms with Gasteiger partial charge in [-0.15, -0.1) is 0 Å². The normalized spacial score (nSPS) is 11.0. The molecule has 0 spiro atoms. The first kappa shape index (κ1) is 27.1. The number of hydrogen-bond acceptors (Lipinski definition) is 7. The number of hydrogen-bond donors (Lipinski definition) is 2. The Morgan fingerprint density at radius 2 is 1.72 bits per heavy atom. The van der Waals surface area contributed by atoms with Crippen LogP contribution in [0.15, 0.2) is 76.2 Å². The predicted molar refractivity (Wildman–Crippen MR) is 149 cm³/mol. The summed E-state index contributed by atoms with van der Waals surface area (Å²) >= 11 is 0. The first-order chi connectivity index (χ1) is 18.7. The molecule has 10 heteroatoms. The molecular weight excluding hydrogens is 498 g/mol. The fourth-order valence-corrected chi connectivity index (χ4v) is 3.90. The van der Waals surface area contributed by atoms with E-state index in [2.05, 4.69) is 41.1 Å². The Morgan fingerprint density at radius 1 is 1.00 bits per heavy atom. The van der Waals surface area contributed by atoms with Crippen molar-refractivity contribution in [3.63, 3.8) is 0 Å². The van der Waals surface area contributed by atoms with Crippen LogP contribution in [0.5, 0.6) is 11.5 Å². The molecule has 3 N–H and O–H groups in total. The molecular formula is C29H31N5O5. The number of anilines is 1. The van der Waals surface area contributed by atoms with Crippen molar-refractivity contribution in [2.45, 2.75) is 20.5 Å². The van der Waals surface area contributed by atoms with Gasteiger partial charge in [0.2, 0.25) is 0 Å². The third-order valence-corrected chi connectivity index (χ3v) is 5.89. The summed E-state index contributed by atoms with van der Waals surface area (Å²) in [6, 6.07) is 20.5. The number of nitrogens with one attached hydrogen (secondary N) is 1. The molecule has 0 saturated carbocycles. The first-order valence-corrected chi connectivity index (χ1v) is 12.2. The van der Waals surface area contributed by atoms with Crippen LogP contribution in [0.2, 0.25) is 0 Å². The minimum Gasteiger partial charge on any atom is -0.486 e. The van der Waals surface area contributed by atoms with Gasteiger partial charge in [-0.3, -0.25) is 9.59 Å². The number of furan rings is 1. The fourth-order valence-electron chi connectivity index (χ4n) is 3.90. The molecule has 0 aliphatic rings. The number of benzene rings is 2. The quantitative estimate of drug-likeness (QED) is 0.224. The van der Waals surface area contributed by atoms with Crippen molar-refractivity contribution in [3.8, 4) is 17.2 Å². The number of rotatable bonds is 11. The van der Waals surface area contributed by atoms with Gasteiger partial charge in [-0.2, -0.15) is 5.10 Å². The van der Waals surface area contributed by atoms with Crippen molar-refractivity contribution in [2.24, 2.45) is 10.8 Å². The molecule has 2 heterocycles. The summed E-state index contributed by atoms with van der Waals surface area (Å²) in [4.78, 5) is 25.5. The van der Waals surface area contributed by atoms with E-state index in [1.165, 1.54) is 6.21 Å². The molecule has 2 aromatic carbocycles. The van der Waals surface area contributed by atoms with Crippen molar-refractivity contribution in [1.29, 1.82) is 0 Å². The maximum absolute atomic E-state index is 12.5. The smallest absolute Gasteiger partial charge is 0.307 e. The van der Waals surface area contributed by atoms with Gasteiger partial charge >= 0.3 is 5.91 Å².